The SMILES string of the molecule is O=S1(=O)CCCCN1Cc1noc(-c2cc(F)c(F)c(O)c2F)n1. The summed E-state index contributed by atoms with van der Waals surface area (Å²) >= 11 is 0. The second-order valence-electron chi connectivity index (χ2n) is 5.25. The van der Waals surface area contributed by atoms with E-state index in [1.807, 2.05) is 0 Å². The molecular formula is C13H12F3N3O4S. The maximum absolute atomic E-state index is 13.8. The van der Waals surface area contributed by atoms with E-state index < -0.39 is 44.7 Å². The van der Waals surface area contributed by atoms with Crippen molar-refractivity contribution in [2.24, 2.45) is 0 Å². The van der Waals surface area contributed by atoms with Crippen molar-refractivity contribution in [2.75, 3.05) is 12.3 Å². The van der Waals surface area contributed by atoms with Crippen molar-refractivity contribution >= 4 is 10.0 Å². The molecule has 2 heterocycles. The van der Waals surface area contributed by atoms with Crippen molar-refractivity contribution in [3.05, 3.63) is 29.3 Å². The second-order valence-corrected chi connectivity index (χ2v) is 7.34. The van der Waals surface area contributed by atoms with Crippen LogP contribution < -0.4 is 0 Å². The highest BCUT2D eigenvalue weighted by Gasteiger charge is 2.28. The van der Waals surface area contributed by atoms with E-state index in [1.54, 1.807) is 0 Å². The molecule has 1 aromatic heterocycles. The van der Waals surface area contributed by atoms with E-state index in [2.05, 4.69) is 10.1 Å². The molecule has 1 aliphatic rings. The molecule has 0 saturated carbocycles. The molecule has 1 aliphatic heterocycles. The molecule has 0 atom stereocenters. The molecular weight excluding hydrogens is 351 g/mol. The number of hydrogen-bond acceptors (Lipinski definition) is 6. The van der Waals surface area contributed by atoms with Gasteiger partial charge in [-0.05, 0) is 18.9 Å². The average molecular weight is 363 g/mol. The summed E-state index contributed by atoms with van der Waals surface area (Å²) in [6.45, 7) is 0.121. The minimum absolute atomic E-state index is 0.0172. The highest BCUT2D eigenvalue weighted by molar-refractivity contribution is 7.89. The van der Waals surface area contributed by atoms with Gasteiger partial charge >= 0.3 is 0 Å². The van der Waals surface area contributed by atoms with Gasteiger partial charge in [0.1, 0.15) is 0 Å². The third-order valence-corrected chi connectivity index (χ3v) is 5.51. The number of hydrogen-bond donors (Lipinski definition) is 1. The van der Waals surface area contributed by atoms with Crippen LogP contribution in [0.1, 0.15) is 18.7 Å². The third-order valence-electron chi connectivity index (χ3n) is 3.60. The summed E-state index contributed by atoms with van der Waals surface area (Å²) in [4.78, 5) is 3.79. The van der Waals surface area contributed by atoms with Crippen molar-refractivity contribution < 1.29 is 31.2 Å². The molecule has 0 aliphatic carbocycles. The summed E-state index contributed by atoms with van der Waals surface area (Å²) in [5, 5.41) is 12.7. The van der Waals surface area contributed by atoms with Crippen LogP contribution in [0.15, 0.2) is 10.6 Å². The fraction of sp³-hybridized carbons (Fsp3) is 0.385. The first-order valence-electron chi connectivity index (χ1n) is 6.97. The van der Waals surface area contributed by atoms with Gasteiger partial charge in [-0.2, -0.15) is 13.7 Å². The Morgan fingerprint density at radius 2 is 2.00 bits per heavy atom. The third kappa shape index (κ3) is 2.96. The van der Waals surface area contributed by atoms with Crippen LogP contribution >= 0.6 is 0 Å². The molecule has 130 valence electrons. The summed E-state index contributed by atoms with van der Waals surface area (Å²) in [6.07, 6.45) is 1.26. The van der Waals surface area contributed by atoms with Crippen LogP contribution in [0.3, 0.4) is 0 Å². The molecule has 1 saturated heterocycles. The van der Waals surface area contributed by atoms with E-state index in [0.29, 0.717) is 25.5 Å². The maximum Gasteiger partial charge on any atom is 0.261 e. The first-order chi connectivity index (χ1) is 11.3. The number of aromatic hydroxyl groups is 1. The Labute approximate surface area is 134 Å². The van der Waals surface area contributed by atoms with Crippen LogP contribution in [0.5, 0.6) is 5.75 Å². The predicted octanol–water partition coefficient (Wildman–Crippen LogP) is 1.79. The van der Waals surface area contributed by atoms with E-state index in [0.717, 1.165) is 0 Å². The van der Waals surface area contributed by atoms with E-state index in [4.69, 9.17) is 4.52 Å². The summed E-state index contributed by atoms with van der Waals surface area (Å²) in [7, 11) is -3.42. The van der Waals surface area contributed by atoms with Crippen molar-refractivity contribution in [1.82, 2.24) is 14.4 Å². The Morgan fingerprint density at radius 3 is 2.71 bits per heavy atom. The van der Waals surface area contributed by atoms with Gasteiger partial charge in [0.2, 0.25) is 15.8 Å². The smallest absolute Gasteiger partial charge is 0.261 e. The molecule has 0 spiro atoms. The van der Waals surface area contributed by atoms with Crippen molar-refractivity contribution in [2.45, 2.75) is 19.4 Å². The molecule has 11 heteroatoms. The second kappa shape index (κ2) is 6.06. The Balaban J connectivity index is 1.89. The largest absolute Gasteiger partial charge is 0.503 e. The van der Waals surface area contributed by atoms with E-state index in [9.17, 15) is 26.7 Å². The molecule has 0 bridgehead atoms. The van der Waals surface area contributed by atoms with Crippen LogP contribution in [-0.4, -0.2) is 40.3 Å². The first kappa shape index (κ1) is 16.7. The van der Waals surface area contributed by atoms with Gasteiger partial charge in [0.05, 0.1) is 17.9 Å². The fourth-order valence-electron chi connectivity index (χ4n) is 2.35. The van der Waals surface area contributed by atoms with Crippen LogP contribution in [0.25, 0.3) is 11.5 Å². The number of aromatic nitrogens is 2. The lowest BCUT2D eigenvalue weighted by Gasteiger charge is -2.24. The molecule has 0 unspecified atom stereocenters. The minimum atomic E-state index is -3.42. The molecule has 1 N–H and O–H groups in total. The number of phenols is 1. The summed E-state index contributed by atoms with van der Waals surface area (Å²) < 4.78 is 70.0. The zero-order valence-electron chi connectivity index (χ0n) is 12.2. The Kier molecular flexibility index (Phi) is 4.22. The monoisotopic (exact) mass is 363 g/mol. The molecule has 3 rings (SSSR count). The normalized spacial score (nSPS) is 18.0. The van der Waals surface area contributed by atoms with Gasteiger partial charge in [0, 0.05) is 6.54 Å². The van der Waals surface area contributed by atoms with Gasteiger partial charge in [-0.15, -0.1) is 0 Å². The topological polar surface area (TPSA) is 96.5 Å². The van der Waals surface area contributed by atoms with E-state index >= 15 is 0 Å². The number of halogens is 3. The highest BCUT2D eigenvalue weighted by atomic mass is 32.2. The number of nitrogens with zero attached hydrogens (tertiary/aromatic N) is 3. The zero-order chi connectivity index (χ0) is 17.5. The lowest BCUT2D eigenvalue weighted by atomic mass is 10.2. The van der Waals surface area contributed by atoms with Crippen molar-refractivity contribution in [1.29, 1.82) is 0 Å². The van der Waals surface area contributed by atoms with Crippen LogP contribution in [-0.2, 0) is 16.6 Å². The van der Waals surface area contributed by atoms with Gasteiger partial charge in [0.25, 0.3) is 5.89 Å². The Morgan fingerprint density at radius 1 is 1.25 bits per heavy atom. The fourth-order valence-corrected chi connectivity index (χ4v) is 3.90. The summed E-state index contributed by atoms with van der Waals surface area (Å²) in [6, 6.07) is 0.472. The van der Waals surface area contributed by atoms with Crippen molar-refractivity contribution in [3.63, 3.8) is 0 Å². The first-order valence-corrected chi connectivity index (χ1v) is 8.58. The number of benzene rings is 1. The van der Waals surface area contributed by atoms with Gasteiger partial charge in [-0.1, -0.05) is 5.16 Å². The molecule has 24 heavy (non-hydrogen) atoms. The van der Waals surface area contributed by atoms with Gasteiger partial charge in [0.15, 0.2) is 23.2 Å². The summed E-state index contributed by atoms with van der Waals surface area (Å²) in [5.74, 6) is -6.69. The standard InChI is InChI=1S/C13H12F3N3O4S/c14-8-5-7(10(15)12(20)11(8)16)13-17-9(18-23-13)6-19-3-1-2-4-24(19,21)22/h5,20H,1-4,6H2. The molecule has 0 amide bonds. The van der Waals surface area contributed by atoms with Gasteiger partial charge in [-0.25, -0.2) is 17.2 Å². The Bertz CT molecular complexity index is 885. The summed E-state index contributed by atoms with van der Waals surface area (Å²) in [5.41, 5.74) is -0.619. The molecule has 2 aromatic rings. The molecule has 1 aromatic carbocycles. The quantitative estimate of drug-likeness (QED) is 0.835. The highest BCUT2D eigenvalue weighted by Crippen LogP contribution is 2.31. The van der Waals surface area contributed by atoms with Gasteiger partial charge in [-0.3, -0.25) is 0 Å². The number of phenolic OH excluding ortho intramolecular Hbond substituents is 1. The van der Waals surface area contributed by atoms with Crippen LogP contribution in [0, 0.1) is 17.5 Å². The Hall–Kier alpha value is -2.14. The minimum Gasteiger partial charge on any atom is -0.503 e. The molecule has 1 fully saturated rings. The average Bonchev–Trinajstić information content (AvgIpc) is 2.99. The lowest BCUT2D eigenvalue weighted by molar-refractivity contribution is 0.355. The number of sulfonamides is 1. The van der Waals surface area contributed by atoms with E-state index in [-0.39, 0.29) is 18.1 Å². The lowest BCUT2D eigenvalue weighted by Crippen LogP contribution is -2.37. The molecule has 7 nitrogen and oxygen atoms in total. The van der Waals surface area contributed by atoms with Gasteiger partial charge < -0.3 is 9.63 Å². The zero-order valence-corrected chi connectivity index (χ0v) is 13.0. The van der Waals surface area contributed by atoms with E-state index in [1.165, 1.54) is 4.31 Å². The van der Waals surface area contributed by atoms with Crippen LogP contribution in [0.2, 0.25) is 0 Å². The maximum atomic E-state index is 13.8. The number of rotatable bonds is 3. The molecule has 0 radical (unpaired) electrons. The van der Waals surface area contributed by atoms with Crippen LogP contribution in [0.4, 0.5) is 13.2 Å². The predicted molar refractivity (Wildman–Crippen MR) is 74.7 cm³/mol. The van der Waals surface area contributed by atoms with Crippen molar-refractivity contribution in [3.8, 4) is 17.2 Å².